The van der Waals surface area contributed by atoms with E-state index in [0.29, 0.717) is 18.1 Å². The van der Waals surface area contributed by atoms with Gasteiger partial charge in [0.25, 0.3) is 0 Å². The summed E-state index contributed by atoms with van der Waals surface area (Å²) in [6, 6.07) is -0.524. The number of methoxy groups -OCH3 is 2. The molecule has 2 aliphatic rings. The summed E-state index contributed by atoms with van der Waals surface area (Å²) in [5.74, 6) is -0.126. The van der Waals surface area contributed by atoms with Crippen molar-refractivity contribution in [3.8, 4) is 0 Å². The van der Waals surface area contributed by atoms with E-state index in [-0.39, 0.29) is 11.3 Å². The fourth-order valence-corrected chi connectivity index (χ4v) is 3.22. The topological polar surface area (TPSA) is 81.9 Å². The molecule has 0 radical (unpaired) electrons. The number of hydrogen-bond acceptors (Lipinski definition) is 6. The molecule has 0 spiro atoms. The van der Waals surface area contributed by atoms with E-state index in [4.69, 9.17) is 15.2 Å². The molecule has 0 unspecified atom stereocenters. The van der Waals surface area contributed by atoms with E-state index in [2.05, 4.69) is 0 Å². The molecule has 1 fully saturated rings. The largest absolute Gasteiger partial charge is 0.464 e. The van der Waals surface area contributed by atoms with Crippen molar-refractivity contribution in [3.63, 3.8) is 0 Å². The molecule has 0 aromatic rings. The highest BCUT2D eigenvalue weighted by Crippen LogP contribution is 2.39. The third kappa shape index (κ3) is 1.84. The fraction of sp³-hybridized carbons (Fsp3) is 0.600. The highest BCUT2D eigenvalue weighted by Gasteiger charge is 2.51. The Morgan fingerprint density at radius 3 is 2.88 bits per heavy atom. The molecule has 0 bridgehead atoms. The second-order valence-corrected chi connectivity index (χ2v) is 4.92. The van der Waals surface area contributed by atoms with Crippen molar-refractivity contribution in [2.75, 3.05) is 26.6 Å². The molecule has 2 rings (SSSR count). The molecular weight excluding hydrogens is 244 g/mol. The lowest BCUT2D eigenvalue weighted by molar-refractivity contribution is -0.149. The Morgan fingerprint density at radius 1 is 1.59 bits per heavy atom. The van der Waals surface area contributed by atoms with E-state index in [1.807, 2.05) is 0 Å². The second kappa shape index (κ2) is 4.67. The molecule has 0 aromatic carbocycles. The zero-order valence-corrected chi connectivity index (χ0v) is 10.5. The number of amides is 1. The number of thioether (sulfide) groups is 1. The normalized spacial score (nSPS) is 27.7. The van der Waals surface area contributed by atoms with Crippen LogP contribution >= 0.6 is 11.8 Å². The number of nitrogens with two attached hydrogens (primary N) is 1. The first kappa shape index (κ1) is 12.4. The first-order valence-electron chi connectivity index (χ1n) is 5.11. The number of carbonyl (C=O) groups is 2. The van der Waals surface area contributed by atoms with Gasteiger partial charge in [0.2, 0.25) is 5.91 Å². The minimum Gasteiger partial charge on any atom is -0.464 e. The van der Waals surface area contributed by atoms with Gasteiger partial charge in [-0.2, -0.15) is 0 Å². The van der Waals surface area contributed by atoms with E-state index in [9.17, 15) is 9.59 Å². The van der Waals surface area contributed by atoms with Crippen LogP contribution in [0.1, 0.15) is 0 Å². The Balaban J connectivity index is 2.34. The molecule has 0 saturated carbocycles. The van der Waals surface area contributed by atoms with Crippen LogP contribution in [-0.4, -0.2) is 54.8 Å². The van der Waals surface area contributed by atoms with Crippen LogP contribution in [0.15, 0.2) is 11.3 Å². The lowest BCUT2D eigenvalue weighted by Gasteiger charge is -2.48. The van der Waals surface area contributed by atoms with Crippen LogP contribution in [-0.2, 0) is 19.1 Å². The highest BCUT2D eigenvalue weighted by atomic mass is 32.2. The van der Waals surface area contributed by atoms with Gasteiger partial charge >= 0.3 is 5.97 Å². The van der Waals surface area contributed by atoms with Crippen LogP contribution < -0.4 is 5.73 Å². The van der Waals surface area contributed by atoms with Crippen LogP contribution in [0.2, 0.25) is 0 Å². The van der Waals surface area contributed by atoms with Gasteiger partial charge in [0.1, 0.15) is 17.1 Å². The lowest BCUT2D eigenvalue weighted by atomic mass is 10.0. The monoisotopic (exact) mass is 258 g/mol. The molecule has 1 amide bonds. The minimum absolute atomic E-state index is 0.155. The first-order valence-corrected chi connectivity index (χ1v) is 6.16. The fourth-order valence-electron chi connectivity index (χ4n) is 1.95. The van der Waals surface area contributed by atoms with Crippen molar-refractivity contribution in [2.24, 2.45) is 5.73 Å². The first-order chi connectivity index (χ1) is 8.11. The zero-order valence-electron chi connectivity index (χ0n) is 9.63. The molecule has 94 valence electrons. The van der Waals surface area contributed by atoms with E-state index >= 15 is 0 Å². The van der Waals surface area contributed by atoms with Gasteiger partial charge in [-0.25, -0.2) is 4.79 Å². The molecule has 2 atom stereocenters. The summed E-state index contributed by atoms with van der Waals surface area (Å²) in [6.07, 6.45) is 0. The molecule has 7 heteroatoms. The van der Waals surface area contributed by atoms with Crippen LogP contribution in [0.4, 0.5) is 0 Å². The number of rotatable bonds is 3. The molecule has 2 N–H and O–H groups in total. The maximum Gasteiger partial charge on any atom is 0.354 e. The highest BCUT2D eigenvalue weighted by molar-refractivity contribution is 8.00. The summed E-state index contributed by atoms with van der Waals surface area (Å²) in [7, 11) is 2.84. The minimum atomic E-state index is -0.524. The quantitative estimate of drug-likeness (QED) is 0.532. The summed E-state index contributed by atoms with van der Waals surface area (Å²) in [5.41, 5.74) is 6.74. The van der Waals surface area contributed by atoms with E-state index in [1.165, 1.54) is 23.8 Å². The third-order valence-corrected chi connectivity index (χ3v) is 4.15. The summed E-state index contributed by atoms with van der Waals surface area (Å²) >= 11 is 1.54. The van der Waals surface area contributed by atoms with Crippen LogP contribution in [0.3, 0.4) is 0 Å². The van der Waals surface area contributed by atoms with Crippen molar-refractivity contribution in [1.82, 2.24) is 4.90 Å². The lowest BCUT2D eigenvalue weighted by Crippen LogP contribution is -2.68. The van der Waals surface area contributed by atoms with Crippen LogP contribution in [0.25, 0.3) is 0 Å². The number of carbonyl (C=O) groups excluding carboxylic acids is 2. The Morgan fingerprint density at radius 2 is 2.29 bits per heavy atom. The Kier molecular flexibility index (Phi) is 3.41. The maximum atomic E-state index is 11.7. The van der Waals surface area contributed by atoms with Gasteiger partial charge in [-0.1, -0.05) is 0 Å². The van der Waals surface area contributed by atoms with E-state index < -0.39 is 12.0 Å². The SMILES string of the molecule is COCC1=C(C(=O)OC)N2C(=O)[C@@H](N)[C@H]2SC1. The molecule has 2 aliphatic heterocycles. The van der Waals surface area contributed by atoms with Crippen molar-refractivity contribution in [1.29, 1.82) is 0 Å². The van der Waals surface area contributed by atoms with Gasteiger partial charge in [0.15, 0.2) is 0 Å². The number of β-lactam (4-membered cyclic amide) rings is 1. The van der Waals surface area contributed by atoms with Gasteiger partial charge in [0, 0.05) is 12.9 Å². The molecule has 6 nitrogen and oxygen atoms in total. The molecule has 17 heavy (non-hydrogen) atoms. The van der Waals surface area contributed by atoms with Gasteiger partial charge < -0.3 is 15.2 Å². The molecular formula is C10H14N2O4S. The standard InChI is InChI=1S/C10H14N2O4S/c1-15-3-5-4-17-9-6(11)8(13)12(9)7(5)10(14)16-2/h6,9H,3-4,11H2,1-2H3/t6-,9-/m1/s1. The molecule has 2 heterocycles. The Labute approximate surface area is 103 Å². The van der Waals surface area contributed by atoms with Crippen LogP contribution in [0, 0.1) is 0 Å². The van der Waals surface area contributed by atoms with Crippen molar-refractivity contribution in [3.05, 3.63) is 11.3 Å². The summed E-state index contributed by atoms with van der Waals surface area (Å²) < 4.78 is 9.73. The third-order valence-electron chi connectivity index (χ3n) is 2.79. The predicted octanol–water partition coefficient (Wildman–Crippen LogP) is -0.698. The number of fused-ring (bicyclic) bond motifs is 1. The van der Waals surface area contributed by atoms with Gasteiger partial charge in [-0.15, -0.1) is 11.8 Å². The molecule has 0 aromatic heterocycles. The summed E-state index contributed by atoms with van der Waals surface area (Å²) in [5, 5.41) is -0.155. The number of hydrogen-bond donors (Lipinski definition) is 1. The van der Waals surface area contributed by atoms with E-state index in [1.54, 1.807) is 7.11 Å². The van der Waals surface area contributed by atoms with Gasteiger partial charge in [0.05, 0.1) is 13.7 Å². The summed E-state index contributed by atoms with van der Waals surface area (Å²) in [4.78, 5) is 24.8. The molecule has 0 aliphatic carbocycles. The number of nitrogens with zero attached hydrogens (tertiary/aromatic N) is 1. The van der Waals surface area contributed by atoms with Gasteiger partial charge in [-0.05, 0) is 5.57 Å². The Hall–Kier alpha value is -1.05. The second-order valence-electron chi connectivity index (χ2n) is 3.81. The predicted molar refractivity (Wildman–Crippen MR) is 62.0 cm³/mol. The average Bonchev–Trinajstić information content (AvgIpc) is 2.36. The van der Waals surface area contributed by atoms with Crippen molar-refractivity contribution in [2.45, 2.75) is 11.4 Å². The average molecular weight is 258 g/mol. The zero-order chi connectivity index (χ0) is 12.6. The van der Waals surface area contributed by atoms with E-state index in [0.717, 1.165) is 5.57 Å². The van der Waals surface area contributed by atoms with Gasteiger partial charge in [-0.3, -0.25) is 9.69 Å². The van der Waals surface area contributed by atoms with Crippen molar-refractivity contribution >= 4 is 23.6 Å². The van der Waals surface area contributed by atoms with Crippen molar-refractivity contribution < 1.29 is 19.1 Å². The Bertz CT molecular complexity index is 396. The smallest absolute Gasteiger partial charge is 0.354 e. The molecule has 1 saturated heterocycles. The summed E-state index contributed by atoms with van der Waals surface area (Å²) in [6.45, 7) is 0.309. The maximum absolute atomic E-state index is 11.7. The van der Waals surface area contributed by atoms with Crippen LogP contribution in [0.5, 0.6) is 0 Å². The number of esters is 1. The number of ether oxygens (including phenoxy) is 2.